The zero-order valence-corrected chi connectivity index (χ0v) is 12.7. The minimum absolute atomic E-state index is 0.0186. The molecule has 0 aliphatic carbocycles. The standard InChI is InChI=1S/C15H21ClN2O2/c1-10-3-4-12(7-14(10)16)15-13(9-18-11(2)19)8-17-5-6-20-15/h3-4,7,13,15,17H,5-6,8-9H2,1-2H3,(H,18,19)/t13-,15-/m1/s1. The van der Waals surface area contributed by atoms with Gasteiger partial charge in [-0.3, -0.25) is 4.79 Å². The molecule has 0 radical (unpaired) electrons. The van der Waals surface area contributed by atoms with Crippen LogP contribution in [0.15, 0.2) is 18.2 Å². The molecule has 1 aromatic rings. The highest BCUT2D eigenvalue weighted by atomic mass is 35.5. The number of carbonyl (C=O) groups excluding carboxylic acids is 1. The van der Waals surface area contributed by atoms with E-state index in [0.29, 0.717) is 13.2 Å². The molecule has 1 heterocycles. The fourth-order valence-electron chi connectivity index (χ4n) is 2.40. The van der Waals surface area contributed by atoms with Crippen molar-refractivity contribution in [1.29, 1.82) is 0 Å². The zero-order valence-electron chi connectivity index (χ0n) is 11.9. The highest BCUT2D eigenvalue weighted by Crippen LogP contribution is 2.30. The lowest BCUT2D eigenvalue weighted by molar-refractivity contribution is -0.119. The van der Waals surface area contributed by atoms with Crippen molar-refractivity contribution in [1.82, 2.24) is 10.6 Å². The van der Waals surface area contributed by atoms with Gasteiger partial charge in [0.2, 0.25) is 5.91 Å². The fourth-order valence-corrected chi connectivity index (χ4v) is 2.59. The Kier molecular flexibility index (Phi) is 5.40. The maximum atomic E-state index is 11.1. The largest absolute Gasteiger partial charge is 0.372 e. The number of ether oxygens (including phenoxy) is 1. The molecule has 2 atom stereocenters. The van der Waals surface area contributed by atoms with Crippen LogP contribution in [0.3, 0.4) is 0 Å². The fraction of sp³-hybridized carbons (Fsp3) is 0.533. The van der Waals surface area contributed by atoms with E-state index < -0.39 is 0 Å². The van der Waals surface area contributed by atoms with Crippen LogP contribution in [0.4, 0.5) is 0 Å². The average Bonchev–Trinajstić information content (AvgIpc) is 2.65. The zero-order chi connectivity index (χ0) is 14.5. The summed E-state index contributed by atoms with van der Waals surface area (Å²) in [5.74, 6) is 0.176. The van der Waals surface area contributed by atoms with Crippen molar-refractivity contribution in [3.8, 4) is 0 Å². The van der Waals surface area contributed by atoms with Crippen LogP contribution in [0.2, 0.25) is 5.02 Å². The van der Waals surface area contributed by atoms with Crippen LogP contribution >= 0.6 is 11.6 Å². The van der Waals surface area contributed by atoms with Crippen molar-refractivity contribution < 1.29 is 9.53 Å². The number of hydrogen-bond acceptors (Lipinski definition) is 3. The van der Waals surface area contributed by atoms with Gasteiger partial charge in [-0.1, -0.05) is 23.7 Å². The number of carbonyl (C=O) groups is 1. The average molecular weight is 297 g/mol. The molecule has 1 aliphatic rings. The van der Waals surface area contributed by atoms with E-state index in [9.17, 15) is 4.79 Å². The van der Waals surface area contributed by atoms with Gasteiger partial charge in [-0.15, -0.1) is 0 Å². The highest BCUT2D eigenvalue weighted by molar-refractivity contribution is 6.31. The summed E-state index contributed by atoms with van der Waals surface area (Å²) in [6, 6.07) is 6.03. The Labute approximate surface area is 124 Å². The number of aryl methyl sites for hydroxylation is 1. The predicted molar refractivity (Wildman–Crippen MR) is 79.9 cm³/mol. The summed E-state index contributed by atoms with van der Waals surface area (Å²) < 4.78 is 5.96. The molecule has 1 aromatic carbocycles. The lowest BCUT2D eigenvalue weighted by Gasteiger charge is -2.25. The highest BCUT2D eigenvalue weighted by Gasteiger charge is 2.26. The van der Waals surface area contributed by atoms with Crippen molar-refractivity contribution in [2.45, 2.75) is 20.0 Å². The number of hydrogen-bond donors (Lipinski definition) is 2. The van der Waals surface area contributed by atoms with Gasteiger partial charge in [-0.05, 0) is 24.1 Å². The first-order valence-corrected chi connectivity index (χ1v) is 7.28. The smallest absolute Gasteiger partial charge is 0.216 e. The molecule has 0 spiro atoms. The Morgan fingerprint density at radius 3 is 3.05 bits per heavy atom. The van der Waals surface area contributed by atoms with E-state index >= 15 is 0 Å². The van der Waals surface area contributed by atoms with Crippen LogP contribution < -0.4 is 10.6 Å². The second kappa shape index (κ2) is 7.07. The molecule has 0 aromatic heterocycles. The molecule has 1 amide bonds. The number of rotatable bonds is 3. The molecule has 0 saturated carbocycles. The van der Waals surface area contributed by atoms with Gasteiger partial charge in [-0.25, -0.2) is 0 Å². The van der Waals surface area contributed by atoms with Gasteiger partial charge >= 0.3 is 0 Å². The monoisotopic (exact) mass is 296 g/mol. The van der Waals surface area contributed by atoms with Crippen molar-refractivity contribution >= 4 is 17.5 Å². The molecule has 0 bridgehead atoms. The Balaban J connectivity index is 2.18. The van der Waals surface area contributed by atoms with Gasteiger partial charge in [0, 0.05) is 37.5 Å². The van der Waals surface area contributed by atoms with Crippen molar-refractivity contribution in [3.63, 3.8) is 0 Å². The van der Waals surface area contributed by atoms with E-state index in [4.69, 9.17) is 16.3 Å². The van der Waals surface area contributed by atoms with Gasteiger partial charge in [0.1, 0.15) is 0 Å². The van der Waals surface area contributed by atoms with E-state index in [1.165, 1.54) is 6.92 Å². The number of amides is 1. The molecule has 20 heavy (non-hydrogen) atoms. The van der Waals surface area contributed by atoms with E-state index in [0.717, 1.165) is 29.2 Å². The lowest BCUT2D eigenvalue weighted by atomic mass is 9.94. The molecule has 4 nitrogen and oxygen atoms in total. The van der Waals surface area contributed by atoms with Crippen LogP contribution in [0.1, 0.15) is 24.2 Å². The molecular weight excluding hydrogens is 276 g/mol. The Morgan fingerprint density at radius 2 is 2.35 bits per heavy atom. The second-order valence-corrected chi connectivity index (χ2v) is 5.61. The Bertz CT molecular complexity index is 479. The van der Waals surface area contributed by atoms with E-state index in [1.54, 1.807) is 0 Å². The number of halogens is 1. The van der Waals surface area contributed by atoms with Gasteiger partial charge in [0.15, 0.2) is 0 Å². The summed E-state index contributed by atoms with van der Waals surface area (Å²) in [6.45, 7) is 6.41. The van der Waals surface area contributed by atoms with E-state index in [2.05, 4.69) is 16.7 Å². The van der Waals surface area contributed by atoms with Crippen molar-refractivity contribution in [3.05, 3.63) is 34.3 Å². The van der Waals surface area contributed by atoms with Crippen LogP contribution in [0, 0.1) is 12.8 Å². The molecule has 1 saturated heterocycles. The Hall–Kier alpha value is -1.10. The van der Waals surface area contributed by atoms with Gasteiger partial charge < -0.3 is 15.4 Å². The second-order valence-electron chi connectivity index (χ2n) is 5.20. The summed E-state index contributed by atoms with van der Waals surface area (Å²) in [6.07, 6.45) is -0.0463. The van der Waals surface area contributed by atoms with Gasteiger partial charge in [-0.2, -0.15) is 0 Å². The van der Waals surface area contributed by atoms with Crippen molar-refractivity contribution in [2.24, 2.45) is 5.92 Å². The third kappa shape index (κ3) is 3.95. The molecular formula is C15H21ClN2O2. The van der Waals surface area contributed by atoms with Crippen molar-refractivity contribution in [2.75, 3.05) is 26.2 Å². The maximum Gasteiger partial charge on any atom is 0.216 e. The first kappa shape index (κ1) is 15.3. The molecule has 1 fully saturated rings. The Morgan fingerprint density at radius 1 is 1.55 bits per heavy atom. The van der Waals surface area contributed by atoms with E-state index in [1.807, 2.05) is 19.1 Å². The van der Waals surface area contributed by atoms with Crippen LogP contribution in [0.5, 0.6) is 0 Å². The maximum absolute atomic E-state index is 11.1. The third-order valence-electron chi connectivity index (χ3n) is 3.55. The first-order valence-electron chi connectivity index (χ1n) is 6.90. The van der Waals surface area contributed by atoms with Crippen LogP contribution in [-0.4, -0.2) is 32.1 Å². The summed E-state index contributed by atoms with van der Waals surface area (Å²) in [7, 11) is 0. The summed E-state index contributed by atoms with van der Waals surface area (Å²) in [4.78, 5) is 11.1. The molecule has 0 unspecified atom stereocenters. The molecule has 2 rings (SSSR count). The molecule has 5 heteroatoms. The third-order valence-corrected chi connectivity index (χ3v) is 3.96. The van der Waals surface area contributed by atoms with E-state index in [-0.39, 0.29) is 17.9 Å². The predicted octanol–water partition coefficient (Wildman–Crippen LogP) is 2.06. The SMILES string of the molecule is CC(=O)NC[C@H]1CNCCO[C@@H]1c1ccc(C)c(Cl)c1. The van der Waals surface area contributed by atoms with Gasteiger partial charge in [0.25, 0.3) is 0 Å². The summed E-state index contributed by atoms with van der Waals surface area (Å²) in [5.41, 5.74) is 2.13. The molecule has 2 N–H and O–H groups in total. The number of benzene rings is 1. The first-order chi connectivity index (χ1) is 9.58. The topological polar surface area (TPSA) is 50.4 Å². The summed E-state index contributed by atoms with van der Waals surface area (Å²) in [5, 5.41) is 6.97. The van der Waals surface area contributed by atoms with Crippen LogP contribution in [-0.2, 0) is 9.53 Å². The minimum Gasteiger partial charge on any atom is -0.372 e. The molecule has 1 aliphatic heterocycles. The normalized spacial score (nSPS) is 23.1. The summed E-state index contributed by atoms with van der Waals surface area (Å²) >= 11 is 6.21. The van der Waals surface area contributed by atoms with Gasteiger partial charge in [0.05, 0.1) is 12.7 Å². The quantitative estimate of drug-likeness (QED) is 0.898. The van der Waals surface area contributed by atoms with Crippen LogP contribution in [0.25, 0.3) is 0 Å². The minimum atomic E-state index is -0.0463. The lowest BCUT2D eigenvalue weighted by Crippen LogP contribution is -2.35. The molecule has 110 valence electrons. The number of nitrogens with one attached hydrogen (secondary N) is 2.